The molecule has 1 N–H and O–H groups in total. The van der Waals surface area contributed by atoms with Gasteiger partial charge in [0.15, 0.2) is 0 Å². The fourth-order valence-electron chi connectivity index (χ4n) is 2.99. The number of ketones is 2. The third-order valence-electron chi connectivity index (χ3n) is 4.28. The maximum absolute atomic E-state index is 12.6. The molecular weight excluding hydrogens is 306 g/mol. The van der Waals surface area contributed by atoms with Gasteiger partial charge >= 0.3 is 0 Å². The van der Waals surface area contributed by atoms with Crippen molar-refractivity contribution >= 4 is 17.1 Å². The number of hydrogen-bond acceptors (Lipinski definition) is 5. The van der Waals surface area contributed by atoms with Crippen LogP contribution in [0.15, 0.2) is 34.3 Å². The van der Waals surface area contributed by atoms with Gasteiger partial charge in [-0.25, -0.2) is 0 Å². The number of fused-ring (bicyclic) bond motifs is 1. The summed E-state index contributed by atoms with van der Waals surface area (Å²) in [6.45, 7) is 10.0. The van der Waals surface area contributed by atoms with Crippen molar-refractivity contribution in [3.63, 3.8) is 0 Å². The predicted molar refractivity (Wildman–Crippen MR) is 92.8 cm³/mol. The van der Waals surface area contributed by atoms with E-state index in [-0.39, 0.29) is 6.61 Å². The molecule has 0 radical (unpaired) electrons. The molecular formula is C19H23NO4. The van der Waals surface area contributed by atoms with E-state index in [1.165, 1.54) is 0 Å². The number of furan rings is 1. The van der Waals surface area contributed by atoms with Crippen molar-refractivity contribution in [2.24, 2.45) is 0 Å². The summed E-state index contributed by atoms with van der Waals surface area (Å²) >= 11 is 0. The second-order valence-electron chi connectivity index (χ2n) is 6.06. The highest BCUT2D eigenvalue weighted by Crippen LogP contribution is 2.37. The van der Waals surface area contributed by atoms with Crippen LogP contribution >= 0.6 is 0 Å². The molecule has 0 aliphatic heterocycles. The molecule has 0 saturated carbocycles. The standard InChI is InChI=1S/C19H23NO4/c1-6-7-11(2)15-13(4)19-16(18(23)17(15)22)12(3)14(24-19)10-20(5)8-9-21/h6-7,21H,1,8-10H2,2-5H3/b11-7+. The van der Waals surface area contributed by atoms with Gasteiger partial charge in [-0.1, -0.05) is 18.7 Å². The Hall–Kier alpha value is -2.24. The van der Waals surface area contributed by atoms with Gasteiger partial charge in [-0.15, -0.1) is 0 Å². The van der Waals surface area contributed by atoms with Gasteiger partial charge in [-0.2, -0.15) is 0 Å². The van der Waals surface area contributed by atoms with E-state index in [4.69, 9.17) is 9.52 Å². The highest BCUT2D eigenvalue weighted by atomic mass is 16.3. The van der Waals surface area contributed by atoms with Crippen LogP contribution in [0, 0.1) is 6.92 Å². The zero-order valence-corrected chi connectivity index (χ0v) is 14.6. The third kappa shape index (κ3) is 3.05. The van der Waals surface area contributed by atoms with Crippen molar-refractivity contribution in [1.82, 2.24) is 4.90 Å². The van der Waals surface area contributed by atoms with Gasteiger partial charge in [0, 0.05) is 23.3 Å². The smallest absolute Gasteiger partial charge is 0.237 e. The van der Waals surface area contributed by atoms with Crippen molar-refractivity contribution in [2.75, 3.05) is 20.2 Å². The van der Waals surface area contributed by atoms with Crippen LogP contribution in [-0.4, -0.2) is 41.8 Å². The van der Waals surface area contributed by atoms with Gasteiger partial charge in [0.25, 0.3) is 0 Å². The summed E-state index contributed by atoms with van der Waals surface area (Å²) in [5, 5.41) is 9.02. The molecule has 1 aromatic rings. The summed E-state index contributed by atoms with van der Waals surface area (Å²) in [4.78, 5) is 27.0. The Bertz CT molecular complexity index is 765. The zero-order chi connectivity index (χ0) is 18.0. The maximum atomic E-state index is 12.6. The fraction of sp³-hybridized carbons (Fsp3) is 0.368. The third-order valence-corrected chi connectivity index (χ3v) is 4.28. The lowest BCUT2D eigenvalue weighted by molar-refractivity contribution is -0.111. The number of aliphatic hydroxyl groups is 1. The average molecular weight is 329 g/mol. The Morgan fingerprint density at radius 3 is 2.54 bits per heavy atom. The van der Waals surface area contributed by atoms with Crippen molar-refractivity contribution in [3.05, 3.63) is 52.5 Å². The monoisotopic (exact) mass is 329 g/mol. The Morgan fingerprint density at radius 1 is 1.29 bits per heavy atom. The van der Waals surface area contributed by atoms with E-state index in [0.717, 1.165) is 0 Å². The summed E-state index contributed by atoms with van der Waals surface area (Å²) in [7, 11) is 1.86. The van der Waals surface area contributed by atoms with Crippen LogP contribution in [0.3, 0.4) is 0 Å². The minimum Gasteiger partial charge on any atom is -0.459 e. The molecule has 1 aliphatic carbocycles. The first-order chi connectivity index (χ1) is 11.3. The highest BCUT2D eigenvalue weighted by molar-refractivity contribution is 6.53. The molecule has 1 aromatic heterocycles. The second-order valence-corrected chi connectivity index (χ2v) is 6.06. The molecule has 24 heavy (non-hydrogen) atoms. The first-order valence-electron chi connectivity index (χ1n) is 7.85. The molecule has 0 bridgehead atoms. The van der Waals surface area contributed by atoms with E-state index in [1.807, 2.05) is 11.9 Å². The molecule has 2 rings (SSSR count). The molecule has 128 valence electrons. The van der Waals surface area contributed by atoms with E-state index < -0.39 is 11.6 Å². The maximum Gasteiger partial charge on any atom is 0.237 e. The number of likely N-dealkylation sites (N-methyl/N-ethyl adjacent to an activating group) is 1. The van der Waals surface area contributed by atoms with Crippen LogP contribution in [0.2, 0.25) is 0 Å². The van der Waals surface area contributed by atoms with E-state index in [0.29, 0.717) is 52.5 Å². The molecule has 0 spiro atoms. The number of allylic oxidation sites excluding steroid dienone is 5. The quantitative estimate of drug-likeness (QED) is 0.642. The molecule has 0 atom stereocenters. The van der Waals surface area contributed by atoms with Gasteiger partial charge in [0.2, 0.25) is 11.6 Å². The predicted octanol–water partition coefficient (Wildman–Crippen LogP) is 2.68. The molecule has 5 heteroatoms. The number of carbonyl (C=O) groups excluding carboxylic acids is 2. The number of rotatable bonds is 6. The SMILES string of the molecule is C=C/C=C(\C)C1=C(C)c2oc(CN(C)CCO)c(C)c2C(=O)C1=O. The first-order valence-corrected chi connectivity index (χ1v) is 7.85. The Kier molecular flexibility index (Phi) is 5.36. The molecule has 1 aliphatic rings. The van der Waals surface area contributed by atoms with Gasteiger partial charge in [-0.3, -0.25) is 14.5 Å². The van der Waals surface area contributed by atoms with Crippen LogP contribution in [0.5, 0.6) is 0 Å². The normalized spacial score (nSPS) is 15.3. The lowest BCUT2D eigenvalue weighted by Crippen LogP contribution is -2.24. The van der Waals surface area contributed by atoms with E-state index in [9.17, 15) is 9.59 Å². The van der Waals surface area contributed by atoms with Crippen LogP contribution in [0.4, 0.5) is 0 Å². The summed E-state index contributed by atoms with van der Waals surface area (Å²) in [6, 6.07) is 0. The summed E-state index contributed by atoms with van der Waals surface area (Å²) in [6.07, 6.45) is 3.30. The molecule has 5 nitrogen and oxygen atoms in total. The zero-order valence-electron chi connectivity index (χ0n) is 14.6. The van der Waals surface area contributed by atoms with Crippen LogP contribution < -0.4 is 0 Å². The molecule has 0 amide bonds. The van der Waals surface area contributed by atoms with Gasteiger partial charge < -0.3 is 9.52 Å². The number of hydrogen-bond donors (Lipinski definition) is 1. The first kappa shape index (κ1) is 18.1. The van der Waals surface area contributed by atoms with Crippen molar-refractivity contribution in [1.29, 1.82) is 0 Å². The largest absolute Gasteiger partial charge is 0.459 e. The Balaban J connectivity index is 2.57. The summed E-state index contributed by atoms with van der Waals surface area (Å²) in [5.41, 5.74) is 2.80. The molecule has 0 fully saturated rings. The molecule has 0 unspecified atom stereocenters. The number of nitrogens with zero attached hydrogens (tertiary/aromatic N) is 1. The van der Waals surface area contributed by atoms with Crippen molar-refractivity contribution in [2.45, 2.75) is 27.3 Å². The molecule has 0 saturated heterocycles. The fourth-order valence-corrected chi connectivity index (χ4v) is 2.99. The highest BCUT2D eigenvalue weighted by Gasteiger charge is 2.36. The minimum atomic E-state index is -0.528. The number of Topliss-reactive ketones (excluding diaryl/α,β-unsaturated/α-hetero) is 2. The molecule has 0 aromatic carbocycles. The summed E-state index contributed by atoms with van der Waals surface area (Å²) < 4.78 is 5.94. The van der Waals surface area contributed by atoms with Crippen molar-refractivity contribution in [3.8, 4) is 0 Å². The average Bonchev–Trinajstić information content (AvgIpc) is 2.83. The number of aliphatic hydroxyl groups excluding tert-OH is 1. The molecule has 1 heterocycles. The van der Waals surface area contributed by atoms with Crippen LogP contribution in [0.1, 0.15) is 41.3 Å². The van der Waals surface area contributed by atoms with Gasteiger partial charge in [0.1, 0.15) is 11.5 Å². The van der Waals surface area contributed by atoms with Crippen LogP contribution in [0.25, 0.3) is 5.57 Å². The second kappa shape index (κ2) is 7.11. The minimum absolute atomic E-state index is 0.0437. The van der Waals surface area contributed by atoms with Crippen molar-refractivity contribution < 1.29 is 19.1 Å². The Morgan fingerprint density at radius 2 is 1.96 bits per heavy atom. The van der Waals surface area contributed by atoms with E-state index in [2.05, 4.69) is 6.58 Å². The van der Waals surface area contributed by atoms with Gasteiger partial charge in [0.05, 0.1) is 18.7 Å². The number of carbonyl (C=O) groups is 2. The van der Waals surface area contributed by atoms with Crippen LogP contribution in [-0.2, 0) is 11.3 Å². The lowest BCUT2D eigenvalue weighted by Gasteiger charge is -2.16. The topological polar surface area (TPSA) is 70.8 Å². The van der Waals surface area contributed by atoms with E-state index >= 15 is 0 Å². The summed E-state index contributed by atoms with van der Waals surface area (Å²) in [5.74, 6) is 0.0776. The van der Waals surface area contributed by atoms with Gasteiger partial charge in [-0.05, 0) is 33.4 Å². The van der Waals surface area contributed by atoms with E-state index in [1.54, 1.807) is 32.9 Å². The Labute approximate surface area is 142 Å². The lowest BCUT2D eigenvalue weighted by atomic mass is 9.84.